The Bertz CT molecular complexity index is 583. The number of hydrogen-bond acceptors (Lipinski definition) is 4. The Morgan fingerprint density at radius 2 is 2.14 bits per heavy atom. The molecule has 2 atom stereocenters. The highest BCUT2D eigenvalue weighted by Gasteiger charge is 2.21. The van der Waals surface area contributed by atoms with Gasteiger partial charge in [-0.3, -0.25) is 14.7 Å². The molecule has 0 aliphatic heterocycles. The van der Waals surface area contributed by atoms with Crippen LogP contribution in [0.2, 0.25) is 0 Å². The minimum absolute atomic E-state index is 0.0553. The Balaban J connectivity index is 1.98. The number of carbonyl (C=O) groups excluding carboxylic acids is 1. The number of thiophene rings is 1. The predicted molar refractivity (Wildman–Crippen MR) is 83.1 cm³/mol. The van der Waals surface area contributed by atoms with Gasteiger partial charge in [-0.15, -0.1) is 11.3 Å². The third-order valence-electron chi connectivity index (χ3n) is 3.61. The van der Waals surface area contributed by atoms with Gasteiger partial charge in [0.2, 0.25) is 0 Å². The van der Waals surface area contributed by atoms with E-state index in [-0.39, 0.29) is 17.7 Å². The molecule has 2 unspecified atom stereocenters. The van der Waals surface area contributed by atoms with Crippen LogP contribution in [0.15, 0.2) is 35.8 Å². The first-order valence-corrected chi connectivity index (χ1v) is 7.76. The Labute approximate surface area is 128 Å². The molecular formula is C16H19FN2OS. The van der Waals surface area contributed by atoms with E-state index in [9.17, 15) is 9.18 Å². The van der Waals surface area contributed by atoms with E-state index >= 15 is 0 Å². The van der Waals surface area contributed by atoms with E-state index in [4.69, 9.17) is 0 Å². The molecule has 0 N–H and O–H groups in total. The average molecular weight is 306 g/mol. The van der Waals surface area contributed by atoms with Crippen LogP contribution in [0.4, 0.5) is 4.39 Å². The molecular weight excluding hydrogens is 287 g/mol. The second-order valence-corrected chi connectivity index (χ2v) is 6.24. The van der Waals surface area contributed by atoms with Crippen molar-refractivity contribution in [3.8, 4) is 0 Å². The molecule has 21 heavy (non-hydrogen) atoms. The maximum Gasteiger partial charge on any atom is 0.185 e. The van der Waals surface area contributed by atoms with Crippen molar-refractivity contribution in [1.82, 2.24) is 9.88 Å². The lowest BCUT2D eigenvalue weighted by Gasteiger charge is -2.26. The van der Waals surface area contributed by atoms with Gasteiger partial charge >= 0.3 is 0 Å². The van der Waals surface area contributed by atoms with E-state index in [1.165, 1.54) is 17.0 Å². The molecule has 2 aromatic heterocycles. The second-order valence-electron chi connectivity index (χ2n) is 5.26. The molecule has 2 heterocycles. The van der Waals surface area contributed by atoms with E-state index in [1.807, 2.05) is 20.0 Å². The van der Waals surface area contributed by atoms with E-state index in [2.05, 4.69) is 28.3 Å². The number of Topliss-reactive ketones (excluding diaryl/α,β-unsaturated/α-hetero) is 1. The van der Waals surface area contributed by atoms with Crippen molar-refractivity contribution in [2.75, 3.05) is 13.6 Å². The van der Waals surface area contributed by atoms with Crippen molar-refractivity contribution in [2.45, 2.75) is 19.9 Å². The van der Waals surface area contributed by atoms with Gasteiger partial charge < -0.3 is 0 Å². The van der Waals surface area contributed by atoms with E-state index in [0.29, 0.717) is 12.2 Å². The van der Waals surface area contributed by atoms with Crippen LogP contribution in [0.1, 0.15) is 35.3 Å². The molecule has 0 saturated heterocycles. The second kappa shape index (κ2) is 6.91. The smallest absolute Gasteiger partial charge is 0.185 e. The van der Waals surface area contributed by atoms with Gasteiger partial charge in [-0.25, -0.2) is 4.39 Å². The van der Waals surface area contributed by atoms with Crippen LogP contribution in [0.5, 0.6) is 0 Å². The molecule has 0 radical (unpaired) electrons. The lowest BCUT2D eigenvalue weighted by Crippen LogP contribution is -2.31. The van der Waals surface area contributed by atoms with Crippen LogP contribution in [-0.4, -0.2) is 29.3 Å². The van der Waals surface area contributed by atoms with Crippen molar-refractivity contribution >= 4 is 17.1 Å². The molecule has 0 aliphatic rings. The van der Waals surface area contributed by atoms with Gasteiger partial charge in [0, 0.05) is 23.4 Å². The lowest BCUT2D eigenvalue weighted by molar-refractivity contribution is 0.0885. The summed E-state index contributed by atoms with van der Waals surface area (Å²) in [5, 5.41) is 2.05. The zero-order chi connectivity index (χ0) is 15.4. The summed E-state index contributed by atoms with van der Waals surface area (Å²) in [6.45, 7) is 4.64. The van der Waals surface area contributed by atoms with Gasteiger partial charge in [-0.1, -0.05) is 13.0 Å². The fourth-order valence-electron chi connectivity index (χ4n) is 2.19. The van der Waals surface area contributed by atoms with Gasteiger partial charge in [-0.2, -0.15) is 0 Å². The first-order chi connectivity index (χ1) is 9.99. The van der Waals surface area contributed by atoms with E-state index in [0.717, 1.165) is 6.20 Å². The number of halogens is 1. The number of pyridine rings is 1. The summed E-state index contributed by atoms with van der Waals surface area (Å²) in [6, 6.07) is 7.10. The van der Waals surface area contributed by atoms with E-state index in [1.54, 1.807) is 11.3 Å². The zero-order valence-electron chi connectivity index (χ0n) is 12.4. The maximum atomic E-state index is 12.8. The number of aromatic nitrogens is 1. The molecule has 0 bridgehead atoms. The fraction of sp³-hybridized carbons (Fsp3) is 0.375. The van der Waals surface area contributed by atoms with Gasteiger partial charge in [0.15, 0.2) is 5.78 Å². The number of carbonyl (C=O) groups is 1. The quantitative estimate of drug-likeness (QED) is 0.761. The van der Waals surface area contributed by atoms with Crippen molar-refractivity contribution in [1.29, 1.82) is 0 Å². The molecule has 0 spiro atoms. The molecule has 0 fully saturated rings. The molecule has 0 amide bonds. The highest BCUT2D eigenvalue weighted by atomic mass is 32.1. The van der Waals surface area contributed by atoms with Crippen LogP contribution in [-0.2, 0) is 0 Å². The largest absolute Gasteiger partial charge is 0.298 e. The topological polar surface area (TPSA) is 33.2 Å². The summed E-state index contributed by atoms with van der Waals surface area (Å²) >= 11 is 1.71. The number of hydrogen-bond donors (Lipinski definition) is 0. The number of rotatable bonds is 6. The van der Waals surface area contributed by atoms with Crippen LogP contribution >= 0.6 is 11.3 Å². The minimum Gasteiger partial charge on any atom is -0.298 e. The highest BCUT2D eigenvalue weighted by molar-refractivity contribution is 7.10. The summed E-state index contributed by atoms with van der Waals surface area (Å²) in [4.78, 5) is 19.6. The van der Waals surface area contributed by atoms with Crippen LogP contribution in [0, 0.1) is 11.7 Å². The zero-order valence-corrected chi connectivity index (χ0v) is 13.2. The van der Waals surface area contributed by atoms with Crippen LogP contribution in [0.3, 0.4) is 0 Å². The third-order valence-corrected chi connectivity index (χ3v) is 4.65. The fourth-order valence-corrected chi connectivity index (χ4v) is 3.04. The number of nitrogens with zero attached hydrogens (tertiary/aromatic N) is 2. The van der Waals surface area contributed by atoms with Gasteiger partial charge in [0.1, 0.15) is 11.5 Å². The van der Waals surface area contributed by atoms with Crippen LogP contribution in [0.25, 0.3) is 0 Å². The summed E-state index contributed by atoms with van der Waals surface area (Å²) in [7, 11) is 2.01. The summed E-state index contributed by atoms with van der Waals surface area (Å²) in [5.74, 6) is -0.668. The van der Waals surface area contributed by atoms with Gasteiger partial charge in [0.05, 0.1) is 6.20 Å². The molecule has 0 saturated carbocycles. The first-order valence-electron chi connectivity index (χ1n) is 6.88. The third kappa shape index (κ3) is 3.95. The molecule has 112 valence electrons. The minimum atomic E-state index is -0.428. The predicted octanol–water partition coefficient (Wildman–Crippen LogP) is 3.79. The molecule has 2 rings (SSSR count). The average Bonchev–Trinajstić information content (AvgIpc) is 3.00. The molecule has 2 aromatic rings. The Kier molecular flexibility index (Phi) is 5.20. The van der Waals surface area contributed by atoms with Crippen molar-refractivity contribution in [2.24, 2.45) is 5.92 Å². The monoisotopic (exact) mass is 306 g/mol. The van der Waals surface area contributed by atoms with E-state index < -0.39 is 5.82 Å². The Morgan fingerprint density at radius 1 is 1.38 bits per heavy atom. The summed E-state index contributed by atoms with van der Waals surface area (Å²) < 4.78 is 12.8. The number of ketones is 1. The lowest BCUT2D eigenvalue weighted by atomic mass is 10.0. The highest BCUT2D eigenvalue weighted by Crippen LogP contribution is 2.24. The molecule has 3 nitrogen and oxygen atoms in total. The first kappa shape index (κ1) is 15.8. The maximum absolute atomic E-state index is 12.8. The molecule has 0 aliphatic carbocycles. The van der Waals surface area contributed by atoms with Crippen molar-refractivity contribution in [3.63, 3.8) is 0 Å². The SMILES string of the molecule is CC(CN(C)C(C)c1cccs1)C(=O)c1ccc(F)cn1. The standard InChI is InChI=1S/C16H19FN2OS/c1-11(16(20)14-7-6-13(17)9-18-14)10-19(3)12(2)15-5-4-8-21-15/h4-9,11-12H,10H2,1-3H3. The normalized spacial score (nSPS) is 14.1. The summed E-state index contributed by atoms with van der Waals surface area (Å²) in [5.41, 5.74) is 0.320. The van der Waals surface area contributed by atoms with Gasteiger partial charge in [0.25, 0.3) is 0 Å². The van der Waals surface area contributed by atoms with Crippen molar-refractivity contribution < 1.29 is 9.18 Å². The van der Waals surface area contributed by atoms with Crippen molar-refractivity contribution in [3.05, 3.63) is 52.2 Å². The Morgan fingerprint density at radius 3 is 2.71 bits per heavy atom. The van der Waals surface area contributed by atoms with Gasteiger partial charge in [-0.05, 0) is 37.6 Å². The summed E-state index contributed by atoms with van der Waals surface area (Å²) in [6.07, 6.45) is 1.08. The molecule has 5 heteroatoms. The van der Waals surface area contributed by atoms with Crippen LogP contribution < -0.4 is 0 Å². The molecule has 0 aromatic carbocycles. The Hall–Kier alpha value is -1.59.